The van der Waals surface area contributed by atoms with Gasteiger partial charge in [-0.3, -0.25) is 4.79 Å². The molecule has 0 aromatic heterocycles. The number of carbonyl (C=O) groups excluding carboxylic acids is 2. The van der Waals surface area contributed by atoms with Crippen LogP contribution in [0.2, 0.25) is 0 Å². The van der Waals surface area contributed by atoms with E-state index in [4.69, 9.17) is 0 Å². The summed E-state index contributed by atoms with van der Waals surface area (Å²) in [6, 6.07) is 0. The van der Waals surface area contributed by atoms with Gasteiger partial charge in [-0.25, -0.2) is 0 Å². The van der Waals surface area contributed by atoms with Crippen molar-refractivity contribution in [1.82, 2.24) is 0 Å². The maximum absolute atomic E-state index is 11.2. The molecule has 0 saturated heterocycles. The Morgan fingerprint density at radius 2 is 1.71 bits per heavy atom. The Morgan fingerprint density at radius 3 is 2.14 bits per heavy atom. The van der Waals surface area contributed by atoms with Crippen molar-refractivity contribution in [3.8, 4) is 0 Å². The van der Waals surface area contributed by atoms with Gasteiger partial charge < -0.3 is 4.79 Å². The maximum atomic E-state index is 11.2. The van der Waals surface area contributed by atoms with E-state index in [9.17, 15) is 9.59 Å². The summed E-state index contributed by atoms with van der Waals surface area (Å²) in [5.74, 6) is 0.226. The topological polar surface area (TPSA) is 34.1 Å². The quantitative estimate of drug-likeness (QED) is 0.590. The SMILES string of the molecule is CC(=O)CC1(CC(=O)I)CCCCC1. The Kier molecular flexibility index (Phi) is 4.54. The van der Waals surface area contributed by atoms with Gasteiger partial charge in [-0.1, -0.05) is 19.3 Å². The lowest BCUT2D eigenvalue weighted by Crippen LogP contribution is -2.28. The monoisotopic (exact) mass is 308 g/mol. The molecule has 0 unspecified atom stereocenters. The second kappa shape index (κ2) is 5.24. The molecule has 0 aliphatic heterocycles. The average molecular weight is 308 g/mol. The van der Waals surface area contributed by atoms with Crippen molar-refractivity contribution in [3.63, 3.8) is 0 Å². The smallest absolute Gasteiger partial charge is 0.192 e. The molecule has 0 heterocycles. The van der Waals surface area contributed by atoms with Gasteiger partial charge in [0, 0.05) is 12.8 Å². The van der Waals surface area contributed by atoms with Crippen LogP contribution in [0.25, 0.3) is 0 Å². The lowest BCUT2D eigenvalue weighted by atomic mass is 9.69. The molecule has 3 heteroatoms. The van der Waals surface area contributed by atoms with Crippen LogP contribution in [0.4, 0.5) is 0 Å². The summed E-state index contributed by atoms with van der Waals surface area (Å²) in [4.78, 5) is 22.4. The highest BCUT2D eigenvalue weighted by Gasteiger charge is 2.34. The van der Waals surface area contributed by atoms with Gasteiger partial charge in [-0.2, -0.15) is 0 Å². The summed E-state index contributed by atoms with van der Waals surface area (Å²) in [5, 5.41) is 0. The first-order valence-corrected chi connectivity index (χ1v) is 6.30. The number of carbonyl (C=O) groups is 2. The van der Waals surface area contributed by atoms with Crippen LogP contribution in [-0.2, 0) is 9.59 Å². The van der Waals surface area contributed by atoms with E-state index in [1.165, 1.54) is 19.3 Å². The molecule has 1 aliphatic rings. The molecule has 80 valence electrons. The van der Waals surface area contributed by atoms with Crippen LogP contribution in [0.1, 0.15) is 51.9 Å². The fourth-order valence-corrected chi connectivity index (χ4v) is 3.35. The van der Waals surface area contributed by atoms with E-state index < -0.39 is 0 Å². The van der Waals surface area contributed by atoms with E-state index in [-0.39, 0.29) is 15.0 Å². The third-order valence-electron chi connectivity index (χ3n) is 3.05. The third-order valence-corrected chi connectivity index (χ3v) is 3.43. The number of hydrogen-bond acceptors (Lipinski definition) is 2. The van der Waals surface area contributed by atoms with Crippen molar-refractivity contribution < 1.29 is 9.59 Å². The zero-order valence-corrected chi connectivity index (χ0v) is 10.8. The van der Waals surface area contributed by atoms with Crippen molar-refractivity contribution in [3.05, 3.63) is 0 Å². The molecular formula is C11H17IO2. The van der Waals surface area contributed by atoms with Crippen LogP contribution in [0.5, 0.6) is 0 Å². The first kappa shape index (κ1) is 12.1. The molecule has 0 radical (unpaired) electrons. The highest BCUT2D eigenvalue weighted by atomic mass is 127. The van der Waals surface area contributed by atoms with Gasteiger partial charge in [-0.15, -0.1) is 0 Å². The first-order chi connectivity index (χ1) is 6.54. The molecule has 1 aliphatic carbocycles. The molecule has 0 amide bonds. The van der Waals surface area contributed by atoms with Crippen molar-refractivity contribution >= 4 is 32.2 Å². The molecule has 2 nitrogen and oxygen atoms in total. The van der Waals surface area contributed by atoms with Crippen LogP contribution in [-0.4, -0.2) is 9.57 Å². The standard InChI is InChI=1S/C11H17IO2/c1-9(13)7-11(8-10(12)14)5-3-2-4-6-11/h2-8H2,1H3. The summed E-state index contributed by atoms with van der Waals surface area (Å²) in [6.45, 7) is 1.63. The first-order valence-electron chi connectivity index (χ1n) is 5.22. The molecule has 1 saturated carbocycles. The third kappa shape index (κ3) is 3.67. The summed E-state index contributed by atoms with van der Waals surface area (Å²) in [7, 11) is 0. The van der Waals surface area contributed by atoms with Gasteiger partial charge in [0.05, 0.1) is 0 Å². The number of rotatable bonds is 4. The molecule has 14 heavy (non-hydrogen) atoms. The van der Waals surface area contributed by atoms with Gasteiger partial charge in [0.15, 0.2) is 3.79 Å². The van der Waals surface area contributed by atoms with Crippen molar-refractivity contribution in [1.29, 1.82) is 0 Å². The Bertz CT molecular complexity index is 211. The molecular weight excluding hydrogens is 291 g/mol. The van der Waals surface area contributed by atoms with E-state index >= 15 is 0 Å². The van der Waals surface area contributed by atoms with Crippen molar-refractivity contribution in [2.24, 2.45) is 5.41 Å². The van der Waals surface area contributed by atoms with Gasteiger partial charge in [0.2, 0.25) is 0 Å². The highest BCUT2D eigenvalue weighted by Crippen LogP contribution is 2.43. The minimum absolute atomic E-state index is 0.0162. The van der Waals surface area contributed by atoms with E-state index in [0.29, 0.717) is 12.8 Å². The minimum atomic E-state index is 0.0162. The molecule has 1 rings (SSSR count). The second-order valence-corrected chi connectivity index (χ2v) is 5.67. The molecule has 0 spiro atoms. The van der Waals surface area contributed by atoms with Crippen LogP contribution in [0, 0.1) is 5.41 Å². The predicted octanol–water partition coefficient (Wildman–Crippen LogP) is 3.27. The number of hydrogen-bond donors (Lipinski definition) is 0. The molecule has 0 aromatic carbocycles. The lowest BCUT2D eigenvalue weighted by Gasteiger charge is -2.35. The van der Waals surface area contributed by atoms with Crippen molar-refractivity contribution in [2.75, 3.05) is 0 Å². The zero-order chi connectivity index (χ0) is 10.6. The fourth-order valence-electron chi connectivity index (χ4n) is 2.54. The fraction of sp³-hybridized carbons (Fsp3) is 0.818. The Balaban J connectivity index is 2.66. The van der Waals surface area contributed by atoms with Gasteiger partial charge in [0.25, 0.3) is 0 Å². The molecule has 0 bridgehead atoms. The van der Waals surface area contributed by atoms with Gasteiger partial charge in [-0.05, 0) is 47.8 Å². The van der Waals surface area contributed by atoms with Crippen LogP contribution >= 0.6 is 22.6 Å². The van der Waals surface area contributed by atoms with Crippen molar-refractivity contribution in [2.45, 2.75) is 51.9 Å². The van der Waals surface area contributed by atoms with Gasteiger partial charge in [0.1, 0.15) is 5.78 Å². The van der Waals surface area contributed by atoms with Crippen LogP contribution in [0.3, 0.4) is 0 Å². The van der Waals surface area contributed by atoms with Crippen LogP contribution < -0.4 is 0 Å². The Labute approximate surface area is 99.0 Å². The lowest BCUT2D eigenvalue weighted by molar-refractivity contribution is -0.121. The maximum Gasteiger partial charge on any atom is 0.192 e. The molecule has 0 atom stereocenters. The second-order valence-electron chi connectivity index (χ2n) is 4.47. The number of halogens is 1. The summed E-state index contributed by atoms with van der Waals surface area (Å²) >= 11 is 1.85. The minimum Gasteiger partial charge on any atom is -0.300 e. The molecule has 0 N–H and O–H groups in total. The Hall–Kier alpha value is 0.0700. The number of Topliss-reactive ketones (excluding diaryl/α,β-unsaturated/α-hetero) is 1. The predicted molar refractivity (Wildman–Crippen MR) is 64.5 cm³/mol. The molecule has 0 aromatic rings. The normalized spacial score (nSPS) is 20.4. The van der Waals surface area contributed by atoms with E-state index in [1.807, 2.05) is 22.6 Å². The number of ketones is 1. The van der Waals surface area contributed by atoms with Gasteiger partial charge >= 0.3 is 0 Å². The molecule has 1 fully saturated rings. The Morgan fingerprint density at radius 1 is 1.14 bits per heavy atom. The summed E-state index contributed by atoms with van der Waals surface area (Å²) in [6.07, 6.45) is 6.92. The average Bonchev–Trinajstić information content (AvgIpc) is 2.01. The van der Waals surface area contributed by atoms with E-state index in [0.717, 1.165) is 12.8 Å². The van der Waals surface area contributed by atoms with E-state index in [1.54, 1.807) is 6.92 Å². The summed E-state index contributed by atoms with van der Waals surface area (Å²) < 4.78 is 0.200. The largest absolute Gasteiger partial charge is 0.300 e. The summed E-state index contributed by atoms with van der Waals surface area (Å²) in [5.41, 5.74) is 0.0162. The highest BCUT2D eigenvalue weighted by molar-refractivity contribution is 14.1. The van der Waals surface area contributed by atoms with Crippen LogP contribution in [0.15, 0.2) is 0 Å². The zero-order valence-electron chi connectivity index (χ0n) is 8.64. The van der Waals surface area contributed by atoms with E-state index in [2.05, 4.69) is 0 Å².